The zero-order valence-electron chi connectivity index (χ0n) is 33.3. The number of allylic oxidation sites excluding steroid dienone is 2. The van der Waals surface area contributed by atoms with E-state index in [2.05, 4.69) is 59.9 Å². The molecule has 5 rings (SSSR count). The number of carboxylic acids is 2. The highest BCUT2D eigenvalue weighted by Crippen LogP contribution is 2.76. The van der Waals surface area contributed by atoms with Crippen LogP contribution in [0.3, 0.4) is 0 Å². The number of hydrogen-bond donors (Lipinski definition) is 3. The normalized spacial score (nSPS) is 38.1. The van der Waals surface area contributed by atoms with Crippen molar-refractivity contribution in [3.8, 4) is 0 Å². The summed E-state index contributed by atoms with van der Waals surface area (Å²) < 4.78 is 6.25. The maximum absolute atomic E-state index is 14.3. The molecule has 8 heteroatoms. The zero-order valence-corrected chi connectivity index (χ0v) is 33.3. The molecule has 4 saturated carbocycles. The minimum Gasteiger partial charge on any atom is -0.481 e. The van der Waals surface area contributed by atoms with Crippen molar-refractivity contribution in [2.75, 3.05) is 6.54 Å². The summed E-state index contributed by atoms with van der Waals surface area (Å²) in [7, 11) is 0. The third-order valence-electron chi connectivity index (χ3n) is 15.9. The van der Waals surface area contributed by atoms with E-state index in [1.54, 1.807) is 5.57 Å². The van der Waals surface area contributed by atoms with Crippen molar-refractivity contribution >= 4 is 23.8 Å². The molecule has 0 bridgehead atoms. The highest BCUT2D eigenvalue weighted by atomic mass is 16.5. The first-order valence-electron chi connectivity index (χ1n) is 20.2. The van der Waals surface area contributed by atoms with Crippen LogP contribution in [0.5, 0.6) is 0 Å². The number of ether oxygens (including phenoxy) is 1. The standard InChI is InChI=1S/C43H69NO7/c1-37(2)20-22-43(36(50)44-24-12-10-11-13-33(45)46)23-21-41(8)28(29(43)25-37)14-15-31-40(7)18-17-32(39(5,6)30(40)16-19-42(31,41)9)51-35(49)27-38(3,4)26-34(47)48/h14,29-32H,10-13,15-27H2,1-9H3,(H,44,50)(H,45,46)(H,47,48)/t29-,30-,31+,32-,40-,41+,42+,43-/m0/s1. The van der Waals surface area contributed by atoms with Gasteiger partial charge in [-0.1, -0.05) is 80.4 Å². The van der Waals surface area contributed by atoms with E-state index in [0.29, 0.717) is 24.8 Å². The number of carbonyl (C=O) groups excluding carboxylic acids is 2. The molecule has 0 unspecified atom stereocenters. The number of nitrogens with one attached hydrogen (secondary N) is 1. The topological polar surface area (TPSA) is 130 Å². The Balaban J connectivity index is 1.37. The molecule has 288 valence electrons. The summed E-state index contributed by atoms with van der Waals surface area (Å²) in [4.78, 5) is 49.8. The summed E-state index contributed by atoms with van der Waals surface area (Å²) >= 11 is 0. The van der Waals surface area contributed by atoms with Crippen molar-refractivity contribution in [2.45, 2.75) is 171 Å². The largest absolute Gasteiger partial charge is 0.481 e. The lowest BCUT2D eigenvalue weighted by Crippen LogP contribution is -2.65. The van der Waals surface area contributed by atoms with E-state index in [9.17, 15) is 24.3 Å². The van der Waals surface area contributed by atoms with Crippen LogP contribution in [0.1, 0.15) is 165 Å². The molecule has 3 N–H and O–H groups in total. The van der Waals surface area contributed by atoms with Gasteiger partial charge >= 0.3 is 17.9 Å². The Morgan fingerprint density at radius 3 is 2.18 bits per heavy atom. The Morgan fingerprint density at radius 1 is 0.824 bits per heavy atom. The molecule has 5 aliphatic rings. The number of unbranched alkanes of at least 4 members (excludes halogenated alkanes) is 2. The smallest absolute Gasteiger partial charge is 0.306 e. The highest BCUT2D eigenvalue weighted by Gasteiger charge is 2.69. The third kappa shape index (κ3) is 7.16. The minimum absolute atomic E-state index is 0.00573. The summed E-state index contributed by atoms with van der Waals surface area (Å²) in [5.74, 6) is -0.608. The molecule has 0 radical (unpaired) electrons. The Morgan fingerprint density at radius 2 is 1.51 bits per heavy atom. The van der Waals surface area contributed by atoms with Crippen molar-refractivity contribution in [3.05, 3.63) is 11.6 Å². The number of carbonyl (C=O) groups is 4. The van der Waals surface area contributed by atoms with Crippen LogP contribution >= 0.6 is 0 Å². The first kappa shape index (κ1) is 39.8. The molecule has 8 nitrogen and oxygen atoms in total. The number of carboxylic acid groups (broad SMARTS) is 2. The predicted molar refractivity (Wildman–Crippen MR) is 199 cm³/mol. The second-order valence-electron chi connectivity index (χ2n) is 20.6. The molecule has 0 aliphatic heterocycles. The first-order valence-corrected chi connectivity index (χ1v) is 20.2. The van der Waals surface area contributed by atoms with Gasteiger partial charge in [0.25, 0.3) is 0 Å². The Bertz CT molecular complexity index is 1410. The second-order valence-corrected chi connectivity index (χ2v) is 20.6. The van der Waals surface area contributed by atoms with E-state index >= 15 is 0 Å². The number of fused-ring (bicyclic) bond motifs is 7. The summed E-state index contributed by atoms with van der Waals surface area (Å²) in [6.45, 7) is 21.3. The van der Waals surface area contributed by atoms with Gasteiger partial charge in [-0.15, -0.1) is 0 Å². The van der Waals surface area contributed by atoms with Gasteiger partial charge in [0.1, 0.15) is 6.10 Å². The van der Waals surface area contributed by atoms with Crippen LogP contribution in [0.2, 0.25) is 0 Å². The van der Waals surface area contributed by atoms with Gasteiger partial charge in [0, 0.05) is 18.4 Å². The number of amides is 1. The Kier molecular flexibility index (Phi) is 10.8. The SMILES string of the molecule is CC(C)(CC(=O)O)CC(=O)O[C@H]1CC[C@]2(C)[C@H]3CC=C4[C@@H]5CC(C)(C)CC[C@]5(C(=O)NCCCCCC(=O)O)CC[C@@]4(C)[C@]3(C)CC[C@H]2C1(C)C. The summed E-state index contributed by atoms with van der Waals surface area (Å²) in [6.07, 6.45) is 14.9. The molecule has 1 amide bonds. The summed E-state index contributed by atoms with van der Waals surface area (Å²) in [5.41, 5.74) is 0.675. The van der Waals surface area contributed by atoms with Gasteiger partial charge in [0.2, 0.25) is 5.91 Å². The van der Waals surface area contributed by atoms with Gasteiger partial charge in [0.05, 0.1) is 18.3 Å². The van der Waals surface area contributed by atoms with Crippen LogP contribution in [-0.2, 0) is 23.9 Å². The minimum atomic E-state index is -0.897. The maximum atomic E-state index is 14.3. The Labute approximate surface area is 307 Å². The molecule has 0 aromatic rings. The lowest BCUT2D eigenvalue weighted by molar-refractivity contribution is -0.213. The fourth-order valence-electron chi connectivity index (χ4n) is 12.9. The van der Waals surface area contributed by atoms with Crippen LogP contribution in [-0.4, -0.2) is 46.7 Å². The van der Waals surface area contributed by atoms with Crippen LogP contribution in [0.15, 0.2) is 11.6 Å². The lowest BCUT2D eigenvalue weighted by Gasteiger charge is -2.71. The van der Waals surface area contributed by atoms with Crippen molar-refractivity contribution in [2.24, 2.45) is 55.7 Å². The Hall–Kier alpha value is -2.38. The molecule has 0 heterocycles. The summed E-state index contributed by atoms with van der Waals surface area (Å²) in [5, 5.41) is 21.7. The van der Waals surface area contributed by atoms with Crippen molar-refractivity contribution in [1.29, 1.82) is 0 Å². The van der Waals surface area contributed by atoms with Crippen LogP contribution in [0, 0.1) is 55.7 Å². The van der Waals surface area contributed by atoms with Gasteiger partial charge in [0.15, 0.2) is 0 Å². The van der Waals surface area contributed by atoms with Crippen molar-refractivity contribution in [1.82, 2.24) is 5.32 Å². The molecule has 4 fully saturated rings. The third-order valence-corrected chi connectivity index (χ3v) is 15.9. The van der Waals surface area contributed by atoms with Gasteiger partial charge in [-0.25, -0.2) is 0 Å². The van der Waals surface area contributed by atoms with Crippen molar-refractivity contribution < 1.29 is 34.1 Å². The predicted octanol–water partition coefficient (Wildman–Crippen LogP) is 9.35. The molecule has 51 heavy (non-hydrogen) atoms. The first-order chi connectivity index (χ1) is 23.5. The van der Waals surface area contributed by atoms with Gasteiger partial charge in [-0.05, 0) is 122 Å². The van der Waals surface area contributed by atoms with E-state index in [4.69, 9.17) is 9.84 Å². The van der Waals surface area contributed by atoms with Crippen LogP contribution in [0.25, 0.3) is 0 Å². The monoisotopic (exact) mass is 712 g/mol. The molecule has 5 aliphatic carbocycles. The highest BCUT2D eigenvalue weighted by molar-refractivity contribution is 5.84. The molecule has 0 aromatic heterocycles. The van der Waals surface area contributed by atoms with E-state index in [0.717, 1.165) is 77.0 Å². The van der Waals surface area contributed by atoms with E-state index in [-0.39, 0.29) is 75.7 Å². The van der Waals surface area contributed by atoms with Crippen molar-refractivity contribution in [3.63, 3.8) is 0 Å². The molecular weight excluding hydrogens is 642 g/mol. The quantitative estimate of drug-likeness (QED) is 0.104. The van der Waals surface area contributed by atoms with E-state index < -0.39 is 17.4 Å². The van der Waals surface area contributed by atoms with Gasteiger partial charge in [-0.2, -0.15) is 0 Å². The maximum Gasteiger partial charge on any atom is 0.306 e. The lowest BCUT2D eigenvalue weighted by atomic mass is 9.33. The van der Waals surface area contributed by atoms with E-state index in [1.165, 1.54) is 0 Å². The van der Waals surface area contributed by atoms with Crippen LogP contribution < -0.4 is 5.32 Å². The number of rotatable bonds is 12. The number of hydrogen-bond acceptors (Lipinski definition) is 5. The number of aliphatic carboxylic acids is 2. The van der Waals surface area contributed by atoms with E-state index in [1.807, 2.05) is 13.8 Å². The zero-order chi connectivity index (χ0) is 37.8. The molecule has 8 atom stereocenters. The fourth-order valence-corrected chi connectivity index (χ4v) is 12.9. The average Bonchev–Trinajstić information content (AvgIpc) is 2.99. The van der Waals surface area contributed by atoms with Gasteiger partial charge < -0.3 is 20.3 Å². The summed E-state index contributed by atoms with van der Waals surface area (Å²) in [6, 6.07) is 0. The molecule has 0 spiro atoms. The number of esters is 1. The molecule has 0 aromatic carbocycles. The average molecular weight is 712 g/mol. The molecule has 0 saturated heterocycles. The van der Waals surface area contributed by atoms with Gasteiger partial charge in [-0.3, -0.25) is 19.2 Å². The van der Waals surface area contributed by atoms with Crippen LogP contribution in [0.4, 0.5) is 0 Å². The fraction of sp³-hybridized carbons (Fsp3) is 0.860. The molecular formula is C43H69NO7. The second kappa shape index (κ2) is 13.8.